The second-order valence-electron chi connectivity index (χ2n) is 6.27. The van der Waals surface area contributed by atoms with Crippen LogP contribution >= 0.6 is 23.1 Å². The molecule has 0 spiro atoms. The van der Waals surface area contributed by atoms with Crippen LogP contribution < -0.4 is 4.74 Å². The van der Waals surface area contributed by atoms with Gasteiger partial charge in [-0.25, -0.2) is 9.38 Å². The Morgan fingerprint density at radius 1 is 1.50 bits per heavy atom. The number of hydrogen-bond donors (Lipinski definition) is 0. The van der Waals surface area contributed by atoms with E-state index in [-0.39, 0.29) is 16.3 Å². The third-order valence-electron chi connectivity index (χ3n) is 3.68. The summed E-state index contributed by atoms with van der Waals surface area (Å²) in [5.74, 6) is 0.371. The predicted octanol–water partition coefficient (Wildman–Crippen LogP) is 5.59. The Labute approximate surface area is 161 Å². The van der Waals surface area contributed by atoms with Gasteiger partial charge >= 0.3 is 0 Å². The molecule has 0 unspecified atom stereocenters. The minimum atomic E-state index is -1.73. The molecule has 2 aromatic rings. The summed E-state index contributed by atoms with van der Waals surface area (Å²) >= 11 is 7.24. The highest BCUT2D eigenvalue weighted by atomic mass is 35.5. The highest BCUT2D eigenvalue weighted by Gasteiger charge is 2.29. The summed E-state index contributed by atoms with van der Waals surface area (Å²) in [5, 5.41) is 9.92. The van der Waals surface area contributed by atoms with Crippen LogP contribution in [-0.4, -0.2) is 29.2 Å². The molecule has 0 N–H and O–H groups in total. The standard InChI is InChI=1S/C18H20ClFN4OS/c1-6-24(5)10-22-14-8-13(19)15(7-11(14)2)25-17-12(9-21)16(23-26-17)18(3,4)20/h7-8,10H,6H2,1-5H3. The fourth-order valence-corrected chi connectivity index (χ4v) is 3.09. The molecule has 138 valence electrons. The van der Waals surface area contributed by atoms with Gasteiger partial charge in [-0.05, 0) is 45.4 Å². The number of halogens is 2. The van der Waals surface area contributed by atoms with E-state index >= 15 is 0 Å². The highest BCUT2D eigenvalue weighted by molar-refractivity contribution is 7.08. The van der Waals surface area contributed by atoms with Gasteiger partial charge in [-0.1, -0.05) is 11.6 Å². The second-order valence-corrected chi connectivity index (χ2v) is 7.41. The zero-order valence-electron chi connectivity index (χ0n) is 15.3. The smallest absolute Gasteiger partial charge is 0.218 e. The Kier molecular flexibility index (Phi) is 6.21. The van der Waals surface area contributed by atoms with Gasteiger partial charge in [0.05, 0.1) is 17.0 Å². The summed E-state index contributed by atoms with van der Waals surface area (Å²) in [5.41, 5.74) is 0.00376. The number of alkyl halides is 1. The van der Waals surface area contributed by atoms with E-state index in [1.807, 2.05) is 31.9 Å². The molecule has 0 amide bonds. The van der Waals surface area contributed by atoms with E-state index in [2.05, 4.69) is 9.37 Å². The molecule has 1 aromatic heterocycles. The largest absolute Gasteiger partial charge is 0.442 e. The zero-order chi connectivity index (χ0) is 19.5. The quantitative estimate of drug-likeness (QED) is 0.473. The van der Waals surface area contributed by atoms with Gasteiger partial charge in [0.25, 0.3) is 0 Å². The van der Waals surface area contributed by atoms with Gasteiger partial charge in [0, 0.05) is 25.1 Å². The minimum Gasteiger partial charge on any atom is -0.442 e. The van der Waals surface area contributed by atoms with Crippen molar-refractivity contribution in [1.29, 1.82) is 5.26 Å². The number of aliphatic imine (C=N–C) groups is 1. The number of nitriles is 1. The number of benzene rings is 1. The van der Waals surface area contributed by atoms with Crippen LogP contribution in [0.25, 0.3) is 0 Å². The molecule has 0 aliphatic heterocycles. The maximum absolute atomic E-state index is 14.2. The molecule has 26 heavy (non-hydrogen) atoms. The van der Waals surface area contributed by atoms with Gasteiger partial charge in [0.2, 0.25) is 5.06 Å². The average Bonchev–Trinajstić information content (AvgIpc) is 2.99. The number of aromatic nitrogens is 1. The maximum atomic E-state index is 14.2. The molecular weight excluding hydrogens is 375 g/mol. The molecule has 1 aromatic carbocycles. The molecule has 0 fully saturated rings. The number of nitrogens with zero attached hydrogens (tertiary/aromatic N) is 4. The van der Waals surface area contributed by atoms with Crippen LogP contribution in [0.4, 0.5) is 10.1 Å². The van der Waals surface area contributed by atoms with Crippen LogP contribution in [-0.2, 0) is 5.67 Å². The first-order valence-corrected chi connectivity index (χ1v) is 9.14. The Bertz CT molecular complexity index is 867. The Morgan fingerprint density at radius 2 is 2.19 bits per heavy atom. The SMILES string of the molecule is CCN(C)C=Nc1cc(Cl)c(Oc2snc(C(C)(C)F)c2C#N)cc1C. The van der Waals surface area contributed by atoms with Crippen LogP contribution in [0, 0.1) is 18.3 Å². The van der Waals surface area contributed by atoms with Gasteiger partial charge in [-0.2, -0.15) is 9.64 Å². The van der Waals surface area contributed by atoms with Crippen molar-refractivity contribution in [3.8, 4) is 16.9 Å². The first kappa shape index (κ1) is 20.1. The van der Waals surface area contributed by atoms with Crippen molar-refractivity contribution in [3.05, 3.63) is 34.0 Å². The van der Waals surface area contributed by atoms with Crippen molar-refractivity contribution in [2.45, 2.75) is 33.4 Å². The van der Waals surface area contributed by atoms with E-state index in [4.69, 9.17) is 16.3 Å². The molecule has 0 atom stereocenters. The van der Waals surface area contributed by atoms with E-state index in [1.54, 1.807) is 18.5 Å². The summed E-state index contributed by atoms with van der Waals surface area (Å²) in [6, 6.07) is 5.40. The number of rotatable bonds is 6. The molecule has 0 bridgehead atoms. The number of aryl methyl sites for hydroxylation is 1. The predicted molar refractivity (Wildman–Crippen MR) is 104 cm³/mol. The Balaban J connectivity index is 2.35. The van der Waals surface area contributed by atoms with E-state index in [1.165, 1.54) is 13.8 Å². The van der Waals surface area contributed by atoms with Crippen molar-refractivity contribution in [2.24, 2.45) is 4.99 Å². The monoisotopic (exact) mass is 394 g/mol. The third kappa shape index (κ3) is 4.51. The Morgan fingerprint density at radius 3 is 2.77 bits per heavy atom. The molecule has 5 nitrogen and oxygen atoms in total. The first-order valence-electron chi connectivity index (χ1n) is 7.99. The van der Waals surface area contributed by atoms with Crippen molar-refractivity contribution in [2.75, 3.05) is 13.6 Å². The molecule has 0 aliphatic rings. The van der Waals surface area contributed by atoms with Crippen LogP contribution in [0.2, 0.25) is 5.02 Å². The molecular formula is C18H20ClFN4OS. The lowest BCUT2D eigenvalue weighted by atomic mass is 10.0. The highest BCUT2D eigenvalue weighted by Crippen LogP contribution is 2.40. The van der Waals surface area contributed by atoms with Crippen molar-refractivity contribution >= 4 is 35.2 Å². The normalized spacial score (nSPS) is 11.6. The molecule has 0 saturated heterocycles. The molecule has 0 aliphatic carbocycles. The summed E-state index contributed by atoms with van der Waals surface area (Å²) < 4.78 is 24.0. The van der Waals surface area contributed by atoms with Gasteiger partial charge in [-0.3, -0.25) is 0 Å². The second kappa shape index (κ2) is 8.02. The minimum absolute atomic E-state index is 0.0664. The van der Waals surface area contributed by atoms with Crippen LogP contribution in [0.1, 0.15) is 37.6 Å². The fourth-order valence-electron chi connectivity index (χ4n) is 2.05. The lowest BCUT2D eigenvalue weighted by molar-refractivity contribution is 0.215. The first-order chi connectivity index (χ1) is 12.2. The molecule has 0 radical (unpaired) electrons. The number of hydrogen-bond acceptors (Lipinski definition) is 5. The average molecular weight is 395 g/mol. The summed E-state index contributed by atoms with van der Waals surface area (Å²) in [7, 11) is 1.93. The van der Waals surface area contributed by atoms with Gasteiger partial charge in [-0.15, -0.1) is 0 Å². The lowest BCUT2D eigenvalue weighted by Crippen LogP contribution is -2.14. The van der Waals surface area contributed by atoms with Crippen LogP contribution in [0.15, 0.2) is 17.1 Å². The van der Waals surface area contributed by atoms with Gasteiger partial charge in [0.15, 0.2) is 0 Å². The third-order valence-corrected chi connectivity index (χ3v) is 4.70. The molecule has 2 rings (SSSR count). The van der Waals surface area contributed by atoms with Crippen molar-refractivity contribution in [1.82, 2.24) is 9.27 Å². The van der Waals surface area contributed by atoms with Gasteiger partial charge in [0.1, 0.15) is 28.7 Å². The molecule has 0 saturated carbocycles. The number of ether oxygens (including phenoxy) is 1. The summed E-state index contributed by atoms with van der Waals surface area (Å²) in [6.07, 6.45) is 1.73. The summed E-state index contributed by atoms with van der Waals surface area (Å²) in [4.78, 5) is 6.34. The van der Waals surface area contributed by atoms with Gasteiger partial charge < -0.3 is 9.64 Å². The van der Waals surface area contributed by atoms with E-state index in [9.17, 15) is 9.65 Å². The van der Waals surface area contributed by atoms with Crippen LogP contribution in [0.3, 0.4) is 0 Å². The molecule has 8 heteroatoms. The van der Waals surface area contributed by atoms with E-state index in [0.29, 0.717) is 10.8 Å². The van der Waals surface area contributed by atoms with Crippen molar-refractivity contribution < 1.29 is 9.13 Å². The summed E-state index contributed by atoms with van der Waals surface area (Å²) in [6.45, 7) is 7.45. The Hall–Kier alpha value is -2.17. The lowest BCUT2D eigenvalue weighted by Gasteiger charge is -2.12. The molecule has 1 heterocycles. The van der Waals surface area contributed by atoms with Crippen molar-refractivity contribution in [3.63, 3.8) is 0 Å². The maximum Gasteiger partial charge on any atom is 0.218 e. The van der Waals surface area contributed by atoms with E-state index in [0.717, 1.165) is 29.3 Å². The zero-order valence-corrected chi connectivity index (χ0v) is 16.9. The van der Waals surface area contributed by atoms with E-state index < -0.39 is 5.67 Å². The topological polar surface area (TPSA) is 61.5 Å². The fraction of sp³-hybridized carbons (Fsp3) is 0.389. The van der Waals surface area contributed by atoms with Crippen LogP contribution in [0.5, 0.6) is 10.8 Å².